The Morgan fingerprint density at radius 1 is 0.258 bits per heavy atom. The van der Waals surface area contributed by atoms with E-state index in [1.165, 1.54) is 193 Å². The van der Waals surface area contributed by atoms with Gasteiger partial charge in [0, 0.05) is 25.7 Å². The molecular weight excluding hydrogens is 1270 g/mol. The zero-order valence-corrected chi connectivity index (χ0v) is 65.5. The maximum absolute atomic E-state index is 13.1. The highest BCUT2D eigenvalue weighted by Crippen LogP contribution is 2.45. The zero-order chi connectivity index (χ0) is 71.7. The van der Waals surface area contributed by atoms with Gasteiger partial charge < -0.3 is 33.8 Å². The third-order valence-corrected chi connectivity index (χ3v) is 20.0. The molecule has 0 aliphatic heterocycles. The van der Waals surface area contributed by atoms with Crippen LogP contribution in [0.5, 0.6) is 0 Å². The molecule has 0 bridgehead atoms. The number of aliphatic hydroxyl groups excluding tert-OH is 1. The number of rotatable bonds is 75. The van der Waals surface area contributed by atoms with Crippen molar-refractivity contribution in [1.82, 2.24) is 0 Å². The fraction of sp³-hybridized carbons (Fsp3) is 0.949. The van der Waals surface area contributed by atoms with E-state index < -0.39 is 97.5 Å². The molecule has 0 heterocycles. The van der Waals surface area contributed by atoms with Crippen molar-refractivity contribution < 1.29 is 80.2 Å². The minimum Gasteiger partial charge on any atom is -0.462 e. The maximum Gasteiger partial charge on any atom is 0.472 e. The summed E-state index contributed by atoms with van der Waals surface area (Å²) < 4.78 is 68.6. The van der Waals surface area contributed by atoms with Crippen molar-refractivity contribution in [2.75, 3.05) is 39.6 Å². The summed E-state index contributed by atoms with van der Waals surface area (Å²) in [5, 5.41) is 10.6. The quantitative estimate of drug-likeness (QED) is 0.0222. The average Bonchev–Trinajstić information content (AvgIpc) is 1.12. The third-order valence-electron chi connectivity index (χ3n) is 18.1. The van der Waals surface area contributed by atoms with Crippen LogP contribution < -0.4 is 0 Å². The van der Waals surface area contributed by atoms with E-state index in [9.17, 15) is 43.2 Å². The number of esters is 4. The second-order valence-electron chi connectivity index (χ2n) is 30.0. The average molecular weight is 1420 g/mol. The number of carbonyl (C=O) groups is 4. The fourth-order valence-corrected chi connectivity index (χ4v) is 13.5. The molecule has 97 heavy (non-hydrogen) atoms. The third kappa shape index (κ3) is 72.2. The van der Waals surface area contributed by atoms with Gasteiger partial charge in [0.15, 0.2) is 12.2 Å². The summed E-state index contributed by atoms with van der Waals surface area (Å²) in [6.45, 7) is 14.2. The highest BCUT2D eigenvalue weighted by molar-refractivity contribution is 7.47. The van der Waals surface area contributed by atoms with Crippen molar-refractivity contribution in [3.8, 4) is 0 Å². The highest BCUT2D eigenvalue weighted by Gasteiger charge is 2.30. The van der Waals surface area contributed by atoms with Gasteiger partial charge in [-0.1, -0.05) is 344 Å². The highest BCUT2D eigenvalue weighted by atomic mass is 31.2. The van der Waals surface area contributed by atoms with Crippen molar-refractivity contribution >= 4 is 39.5 Å². The number of phosphoric ester groups is 2. The second kappa shape index (κ2) is 67.2. The van der Waals surface area contributed by atoms with Gasteiger partial charge in [-0.05, 0) is 49.4 Å². The van der Waals surface area contributed by atoms with Crippen LogP contribution in [-0.4, -0.2) is 96.7 Å². The summed E-state index contributed by atoms with van der Waals surface area (Å²) in [7, 11) is -9.92. The van der Waals surface area contributed by atoms with Crippen LogP contribution in [0, 0.1) is 23.7 Å². The molecule has 0 aromatic carbocycles. The normalized spacial score (nSPS) is 14.1. The van der Waals surface area contributed by atoms with Gasteiger partial charge in [0.05, 0.1) is 26.4 Å². The lowest BCUT2D eigenvalue weighted by Crippen LogP contribution is -2.30. The lowest BCUT2D eigenvalue weighted by molar-refractivity contribution is -0.161. The monoisotopic (exact) mass is 1420 g/mol. The smallest absolute Gasteiger partial charge is 0.462 e. The summed E-state index contributed by atoms with van der Waals surface area (Å²) in [4.78, 5) is 72.9. The van der Waals surface area contributed by atoms with Gasteiger partial charge in [-0.25, -0.2) is 9.13 Å². The van der Waals surface area contributed by atoms with Crippen LogP contribution in [0.1, 0.15) is 396 Å². The lowest BCUT2D eigenvalue weighted by atomic mass is 10.0. The van der Waals surface area contributed by atoms with Crippen molar-refractivity contribution in [3.63, 3.8) is 0 Å². The van der Waals surface area contributed by atoms with Crippen LogP contribution in [0.15, 0.2) is 0 Å². The van der Waals surface area contributed by atoms with Crippen molar-refractivity contribution in [2.45, 2.75) is 414 Å². The van der Waals surface area contributed by atoms with Gasteiger partial charge in [-0.2, -0.15) is 0 Å². The Morgan fingerprint density at radius 3 is 0.639 bits per heavy atom. The molecule has 0 saturated carbocycles. The minimum atomic E-state index is -4.96. The standard InChI is InChI=1S/C78H152O17P2/c1-68(2)54-46-38-30-23-17-13-11-9-10-12-14-20-27-35-44-52-60-77(82)95-74(65-89-76(81)59-51-43-37-29-33-41-49-57-71(7)8)67-93-97(86,87)91-63-72(79)62-90-96(84,85)92-66-73(94-78(83)61-53-45-36-28-22-21-25-32-40-48-56-70(5)6)64-88-75(80)58-50-42-34-26-19-16-15-18-24-31-39-47-55-69(3)4/h68-74,79H,9-67H2,1-8H3,(H,84,85)(H,86,87)/t72?,73-,74-/m1/s1. The molecule has 0 rings (SSSR count). The van der Waals surface area contributed by atoms with Crippen LogP contribution in [0.4, 0.5) is 0 Å². The number of phosphoric acid groups is 2. The molecule has 3 unspecified atom stereocenters. The van der Waals surface area contributed by atoms with Crippen LogP contribution in [0.25, 0.3) is 0 Å². The number of unbranched alkanes of at least 4 members (excludes halogenated alkanes) is 41. The number of hydrogen-bond acceptors (Lipinski definition) is 15. The predicted octanol–water partition coefficient (Wildman–Crippen LogP) is 22.8. The second-order valence-corrected chi connectivity index (χ2v) is 32.9. The van der Waals surface area contributed by atoms with E-state index in [-0.39, 0.29) is 25.7 Å². The molecule has 0 aliphatic rings. The summed E-state index contributed by atoms with van der Waals surface area (Å²) in [6.07, 6.45) is 52.8. The van der Waals surface area contributed by atoms with Gasteiger partial charge in [0.1, 0.15) is 19.3 Å². The molecule has 0 aromatic heterocycles. The zero-order valence-electron chi connectivity index (χ0n) is 63.7. The number of carbonyl (C=O) groups excluding carboxylic acids is 4. The van der Waals surface area contributed by atoms with Crippen molar-refractivity contribution in [1.29, 1.82) is 0 Å². The maximum atomic E-state index is 13.1. The Kier molecular flexibility index (Phi) is 65.9. The SMILES string of the molecule is CC(C)CCCCCCCCCCCCCCCCCCC(=O)O[C@H](COC(=O)CCCCCCCCCC(C)C)COP(=O)(O)OCC(O)COP(=O)(O)OC[C@@H](COC(=O)CCCCCCCCCCCCCCC(C)C)OC(=O)CCCCCCCCCCCCC(C)C. The van der Waals surface area contributed by atoms with E-state index in [0.717, 1.165) is 114 Å². The first-order chi connectivity index (χ1) is 46.6. The van der Waals surface area contributed by atoms with E-state index in [0.29, 0.717) is 31.6 Å². The first kappa shape index (κ1) is 95.1. The van der Waals surface area contributed by atoms with Crippen molar-refractivity contribution in [3.05, 3.63) is 0 Å². The first-order valence-corrected chi connectivity index (χ1v) is 43.2. The molecular formula is C78H152O17P2. The number of ether oxygens (including phenoxy) is 4. The summed E-state index contributed by atoms with van der Waals surface area (Å²) in [5.74, 6) is 0.929. The molecule has 0 aliphatic carbocycles. The van der Waals surface area contributed by atoms with Crippen LogP contribution in [-0.2, 0) is 65.4 Å². The van der Waals surface area contributed by atoms with Crippen LogP contribution >= 0.6 is 15.6 Å². The van der Waals surface area contributed by atoms with Gasteiger partial charge in [-0.3, -0.25) is 37.3 Å². The molecule has 17 nitrogen and oxygen atoms in total. The Balaban J connectivity index is 5.22. The molecule has 0 aromatic rings. The summed E-state index contributed by atoms with van der Waals surface area (Å²) in [6, 6.07) is 0. The molecule has 19 heteroatoms. The number of aliphatic hydroxyl groups is 1. The summed E-state index contributed by atoms with van der Waals surface area (Å²) in [5.41, 5.74) is 0. The summed E-state index contributed by atoms with van der Waals surface area (Å²) >= 11 is 0. The number of hydrogen-bond donors (Lipinski definition) is 3. The molecule has 0 amide bonds. The first-order valence-electron chi connectivity index (χ1n) is 40.2. The molecule has 576 valence electrons. The molecule has 0 radical (unpaired) electrons. The Hall–Kier alpha value is -1.94. The van der Waals surface area contributed by atoms with Gasteiger partial charge in [0.2, 0.25) is 0 Å². The van der Waals surface area contributed by atoms with E-state index >= 15 is 0 Å². The molecule has 0 fully saturated rings. The molecule has 0 saturated heterocycles. The van der Waals surface area contributed by atoms with E-state index in [2.05, 4.69) is 55.4 Å². The molecule has 3 N–H and O–H groups in total. The Labute approximate surface area is 594 Å². The molecule has 5 atom stereocenters. The topological polar surface area (TPSA) is 237 Å². The lowest BCUT2D eigenvalue weighted by Gasteiger charge is -2.21. The van der Waals surface area contributed by atoms with Gasteiger partial charge in [-0.15, -0.1) is 0 Å². The Morgan fingerprint density at radius 2 is 0.433 bits per heavy atom. The van der Waals surface area contributed by atoms with Crippen molar-refractivity contribution in [2.24, 2.45) is 23.7 Å². The van der Waals surface area contributed by atoms with Gasteiger partial charge in [0.25, 0.3) is 0 Å². The fourth-order valence-electron chi connectivity index (χ4n) is 11.9. The largest absolute Gasteiger partial charge is 0.472 e. The van der Waals surface area contributed by atoms with Crippen LogP contribution in [0.2, 0.25) is 0 Å². The van der Waals surface area contributed by atoms with E-state index in [1.54, 1.807) is 0 Å². The van der Waals surface area contributed by atoms with Gasteiger partial charge >= 0.3 is 39.5 Å². The van der Waals surface area contributed by atoms with Crippen LogP contribution in [0.3, 0.4) is 0 Å². The minimum absolute atomic E-state index is 0.106. The Bertz CT molecular complexity index is 1900. The van der Waals surface area contributed by atoms with E-state index in [1.807, 2.05) is 0 Å². The molecule has 0 spiro atoms. The van der Waals surface area contributed by atoms with E-state index in [4.69, 9.17) is 37.0 Å². The predicted molar refractivity (Wildman–Crippen MR) is 395 cm³/mol.